The maximum Gasteiger partial charge on any atom is 0.408 e. The number of phenols is 1. The van der Waals surface area contributed by atoms with Crippen molar-refractivity contribution in [3.05, 3.63) is 29.3 Å². The van der Waals surface area contributed by atoms with Gasteiger partial charge >= 0.3 is 6.09 Å². The van der Waals surface area contributed by atoms with E-state index in [0.29, 0.717) is 24.1 Å². The number of unbranched alkanes of at least 4 members (excludes halogenated alkanes) is 1. The zero-order chi connectivity index (χ0) is 28.6. The molecule has 2 atom stereocenters. The number of amides is 4. The lowest BCUT2D eigenvalue weighted by Gasteiger charge is -2.44. The summed E-state index contributed by atoms with van der Waals surface area (Å²) in [6.45, 7) is 14.6. The SMILES string of the molecule is CCCCNC(=O)C(c1ccc(O)c(C)c1)N(C(=O)C(CC(N)=O)NC(=O)OC(C)(C)C)C(C)(C)CC. The van der Waals surface area contributed by atoms with Gasteiger partial charge in [0.05, 0.1) is 6.42 Å². The molecular weight excluding hydrogens is 476 g/mol. The summed E-state index contributed by atoms with van der Waals surface area (Å²) in [6.07, 6.45) is 0.721. The second-order valence-corrected chi connectivity index (χ2v) is 10.8. The van der Waals surface area contributed by atoms with Crippen LogP contribution in [0.3, 0.4) is 0 Å². The van der Waals surface area contributed by atoms with Gasteiger partial charge in [-0.3, -0.25) is 14.4 Å². The Labute approximate surface area is 220 Å². The molecule has 0 saturated heterocycles. The molecule has 4 amide bonds. The zero-order valence-electron chi connectivity index (χ0n) is 23.4. The second-order valence-electron chi connectivity index (χ2n) is 10.8. The summed E-state index contributed by atoms with van der Waals surface area (Å²) in [6, 6.07) is 2.24. The molecule has 1 aromatic rings. The van der Waals surface area contributed by atoms with Gasteiger partial charge in [-0.2, -0.15) is 0 Å². The van der Waals surface area contributed by atoms with Gasteiger partial charge in [-0.05, 0) is 77.6 Å². The highest BCUT2D eigenvalue weighted by Gasteiger charge is 2.43. The number of benzene rings is 1. The van der Waals surface area contributed by atoms with Gasteiger partial charge in [0.15, 0.2) is 0 Å². The number of hydrogen-bond acceptors (Lipinski definition) is 6. The number of aryl methyl sites for hydroxylation is 1. The predicted molar refractivity (Wildman–Crippen MR) is 142 cm³/mol. The van der Waals surface area contributed by atoms with Crippen molar-refractivity contribution >= 4 is 23.8 Å². The molecule has 0 spiro atoms. The Kier molecular flexibility index (Phi) is 11.4. The van der Waals surface area contributed by atoms with Crippen LogP contribution in [-0.2, 0) is 19.1 Å². The molecule has 0 aliphatic rings. The van der Waals surface area contributed by atoms with Gasteiger partial charge in [0.25, 0.3) is 0 Å². The van der Waals surface area contributed by atoms with Gasteiger partial charge in [-0.15, -0.1) is 0 Å². The largest absolute Gasteiger partial charge is 0.508 e. The molecule has 0 aromatic heterocycles. The minimum atomic E-state index is -1.36. The molecule has 5 N–H and O–H groups in total. The number of ether oxygens (including phenoxy) is 1. The van der Waals surface area contributed by atoms with Crippen LogP contribution >= 0.6 is 0 Å². The Balaban J connectivity index is 3.66. The first-order chi connectivity index (χ1) is 17.0. The minimum Gasteiger partial charge on any atom is -0.508 e. The van der Waals surface area contributed by atoms with Crippen molar-refractivity contribution in [1.82, 2.24) is 15.5 Å². The fraction of sp³-hybridized carbons (Fsp3) is 0.630. The highest BCUT2D eigenvalue weighted by molar-refractivity contribution is 5.95. The molecular formula is C27H44N4O6. The van der Waals surface area contributed by atoms with Crippen molar-refractivity contribution in [3.8, 4) is 5.75 Å². The quantitative estimate of drug-likeness (QED) is 0.310. The first kappa shape index (κ1) is 31.7. The van der Waals surface area contributed by atoms with Crippen LogP contribution in [0, 0.1) is 6.92 Å². The molecule has 0 aliphatic heterocycles. The topological polar surface area (TPSA) is 151 Å². The third kappa shape index (κ3) is 9.59. The number of primary amides is 1. The standard InChI is InChI=1S/C27H44N4O6/c1-9-11-14-29-23(34)22(18-12-13-20(32)17(3)15-18)31(27(7,8)10-2)24(35)19(16-21(28)33)30-25(36)37-26(4,5)6/h12-13,15,19,22,32H,9-11,14,16H2,1-8H3,(H2,28,33)(H,29,34)(H,30,36). The summed E-state index contributed by atoms with van der Waals surface area (Å²) >= 11 is 0. The zero-order valence-corrected chi connectivity index (χ0v) is 23.4. The Morgan fingerprint density at radius 1 is 1.11 bits per heavy atom. The summed E-state index contributed by atoms with van der Waals surface area (Å²) in [5, 5.41) is 15.5. The smallest absolute Gasteiger partial charge is 0.408 e. The van der Waals surface area contributed by atoms with Crippen LogP contribution in [0.15, 0.2) is 18.2 Å². The van der Waals surface area contributed by atoms with Crippen LogP contribution in [0.5, 0.6) is 5.75 Å². The second kappa shape index (κ2) is 13.3. The number of alkyl carbamates (subject to hydrolysis) is 1. The molecule has 2 unspecified atom stereocenters. The summed E-state index contributed by atoms with van der Waals surface area (Å²) in [7, 11) is 0. The number of rotatable bonds is 12. The van der Waals surface area contributed by atoms with E-state index in [1.807, 2.05) is 13.8 Å². The van der Waals surface area contributed by atoms with Crippen molar-refractivity contribution < 1.29 is 29.0 Å². The summed E-state index contributed by atoms with van der Waals surface area (Å²) in [5.41, 5.74) is 4.74. The molecule has 0 fully saturated rings. The lowest BCUT2D eigenvalue weighted by molar-refractivity contribution is -0.150. The Morgan fingerprint density at radius 3 is 2.22 bits per heavy atom. The fourth-order valence-corrected chi connectivity index (χ4v) is 3.72. The summed E-state index contributed by atoms with van der Waals surface area (Å²) in [4.78, 5) is 53.6. The highest BCUT2D eigenvalue weighted by atomic mass is 16.6. The molecule has 0 bridgehead atoms. The Bertz CT molecular complexity index is 970. The first-order valence-electron chi connectivity index (χ1n) is 12.7. The number of nitrogens with zero attached hydrogens (tertiary/aromatic N) is 1. The molecule has 208 valence electrons. The van der Waals surface area contributed by atoms with E-state index in [0.717, 1.165) is 12.8 Å². The van der Waals surface area contributed by atoms with E-state index in [1.54, 1.807) is 53.7 Å². The van der Waals surface area contributed by atoms with Crippen molar-refractivity contribution in [2.45, 2.75) is 104 Å². The van der Waals surface area contributed by atoms with E-state index in [9.17, 15) is 24.3 Å². The molecule has 1 rings (SSSR count). The summed E-state index contributed by atoms with van der Waals surface area (Å²) in [5.74, 6) is -1.81. The van der Waals surface area contributed by atoms with Crippen LogP contribution in [0.25, 0.3) is 0 Å². The third-order valence-electron chi connectivity index (χ3n) is 6.02. The predicted octanol–water partition coefficient (Wildman–Crippen LogP) is 3.44. The molecule has 1 aromatic carbocycles. The number of phenolic OH excluding ortho intramolecular Hbond substituents is 1. The maximum atomic E-state index is 14.1. The number of carbonyl (C=O) groups excluding carboxylic acids is 4. The molecule has 0 radical (unpaired) electrons. The van der Waals surface area contributed by atoms with E-state index in [-0.39, 0.29) is 5.75 Å². The van der Waals surface area contributed by atoms with Crippen molar-refractivity contribution in [1.29, 1.82) is 0 Å². The van der Waals surface area contributed by atoms with Gasteiger partial charge < -0.3 is 31.1 Å². The van der Waals surface area contributed by atoms with Crippen LogP contribution in [0.2, 0.25) is 0 Å². The van der Waals surface area contributed by atoms with E-state index >= 15 is 0 Å². The molecule has 0 saturated carbocycles. The van der Waals surface area contributed by atoms with Gasteiger partial charge in [-0.1, -0.05) is 26.3 Å². The first-order valence-corrected chi connectivity index (χ1v) is 12.7. The number of hydrogen-bond donors (Lipinski definition) is 4. The summed E-state index contributed by atoms with van der Waals surface area (Å²) < 4.78 is 5.30. The van der Waals surface area contributed by atoms with E-state index in [2.05, 4.69) is 10.6 Å². The van der Waals surface area contributed by atoms with Crippen LogP contribution in [0.1, 0.15) is 91.3 Å². The number of nitrogens with one attached hydrogen (secondary N) is 2. The highest BCUT2D eigenvalue weighted by Crippen LogP contribution is 2.34. The Hall–Kier alpha value is -3.30. The van der Waals surface area contributed by atoms with E-state index in [4.69, 9.17) is 10.5 Å². The van der Waals surface area contributed by atoms with Gasteiger partial charge in [0.2, 0.25) is 17.7 Å². The molecule has 10 nitrogen and oxygen atoms in total. The monoisotopic (exact) mass is 520 g/mol. The molecule has 37 heavy (non-hydrogen) atoms. The number of carbonyl (C=O) groups is 4. The fourth-order valence-electron chi connectivity index (χ4n) is 3.72. The van der Waals surface area contributed by atoms with E-state index in [1.165, 1.54) is 11.0 Å². The van der Waals surface area contributed by atoms with Crippen LogP contribution in [0.4, 0.5) is 4.79 Å². The van der Waals surface area contributed by atoms with Gasteiger partial charge in [0.1, 0.15) is 23.4 Å². The minimum absolute atomic E-state index is 0.0553. The average Bonchev–Trinajstić information content (AvgIpc) is 2.76. The third-order valence-corrected chi connectivity index (χ3v) is 6.02. The van der Waals surface area contributed by atoms with Crippen molar-refractivity contribution in [2.24, 2.45) is 5.73 Å². The van der Waals surface area contributed by atoms with Crippen LogP contribution < -0.4 is 16.4 Å². The normalized spacial score (nSPS) is 13.3. The van der Waals surface area contributed by atoms with E-state index < -0.39 is 53.5 Å². The van der Waals surface area contributed by atoms with Crippen molar-refractivity contribution in [2.75, 3.05) is 6.54 Å². The molecule has 0 heterocycles. The van der Waals surface area contributed by atoms with Gasteiger partial charge in [0, 0.05) is 12.1 Å². The number of nitrogens with two attached hydrogens (primary N) is 1. The van der Waals surface area contributed by atoms with Crippen molar-refractivity contribution in [3.63, 3.8) is 0 Å². The maximum absolute atomic E-state index is 14.1. The lowest BCUT2D eigenvalue weighted by Crippen LogP contribution is -2.60. The molecule has 10 heteroatoms. The molecule has 0 aliphatic carbocycles. The number of aromatic hydroxyl groups is 1. The average molecular weight is 521 g/mol. The van der Waals surface area contributed by atoms with Gasteiger partial charge in [-0.25, -0.2) is 4.79 Å². The lowest BCUT2D eigenvalue weighted by atomic mass is 9.91. The Morgan fingerprint density at radius 2 is 1.73 bits per heavy atom. The van der Waals surface area contributed by atoms with Crippen LogP contribution in [-0.4, -0.2) is 57.5 Å².